The first-order chi connectivity index (χ1) is 16.7. The van der Waals surface area contributed by atoms with E-state index in [0.29, 0.717) is 43.2 Å². The summed E-state index contributed by atoms with van der Waals surface area (Å²) in [6.07, 6.45) is -0.867. The summed E-state index contributed by atoms with van der Waals surface area (Å²) >= 11 is 0. The number of hydrogen-bond acceptors (Lipinski definition) is 5. The van der Waals surface area contributed by atoms with Gasteiger partial charge in [-0.15, -0.1) is 5.10 Å². The second kappa shape index (κ2) is 9.18. The van der Waals surface area contributed by atoms with Crippen molar-refractivity contribution in [3.8, 4) is 0 Å². The smallest absolute Gasteiger partial charge is 0.372 e. The van der Waals surface area contributed by atoms with E-state index in [1.54, 1.807) is 17.0 Å². The average molecular weight is 491 g/mol. The highest BCUT2D eigenvalue weighted by Crippen LogP contribution is 2.38. The first-order valence-corrected chi connectivity index (χ1v) is 12.0. The molecule has 0 aliphatic carbocycles. The van der Waals surface area contributed by atoms with Crippen LogP contribution in [0.15, 0.2) is 30.5 Å². The molecule has 3 aliphatic rings. The zero-order valence-electron chi connectivity index (χ0n) is 19.6. The maximum atomic E-state index is 13.9. The van der Waals surface area contributed by atoms with Crippen LogP contribution in [-0.2, 0) is 17.5 Å². The van der Waals surface area contributed by atoms with Gasteiger partial charge in [0.1, 0.15) is 0 Å². The van der Waals surface area contributed by atoms with Crippen LogP contribution in [-0.4, -0.2) is 70.8 Å². The van der Waals surface area contributed by atoms with Gasteiger partial charge in [-0.2, -0.15) is 17.9 Å². The normalized spacial score (nSPS) is 22.6. The van der Waals surface area contributed by atoms with Gasteiger partial charge in [0.15, 0.2) is 5.82 Å². The molecule has 2 amide bonds. The minimum absolute atomic E-state index is 0.211. The minimum Gasteiger partial charge on any atom is -0.372 e. The van der Waals surface area contributed by atoms with Crippen LogP contribution in [0.5, 0.6) is 0 Å². The van der Waals surface area contributed by atoms with E-state index >= 15 is 0 Å². The molecule has 2 aromatic rings. The fraction of sp³-hybridized carbons (Fsp3) is 0.542. The molecule has 1 aromatic heterocycles. The highest BCUT2D eigenvalue weighted by molar-refractivity contribution is 5.88. The number of benzene rings is 1. The van der Waals surface area contributed by atoms with Gasteiger partial charge < -0.3 is 15.1 Å². The van der Waals surface area contributed by atoms with Crippen molar-refractivity contribution in [2.45, 2.75) is 32.5 Å². The van der Waals surface area contributed by atoms with E-state index in [9.17, 15) is 22.8 Å². The molecule has 3 fully saturated rings. The number of carbonyl (C=O) groups excluding carboxylic acids is 2. The number of amides is 2. The van der Waals surface area contributed by atoms with Crippen LogP contribution in [0, 0.1) is 11.8 Å². The van der Waals surface area contributed by atoms with Gasteiger partial charge in [-0.05, 0) is 42.4 Å². The third kappa shape index (κ3) is 5.00. The lowest BCUT2D eigenvalue weighted by molar-refractivity contribution is -0.138. The summed E-state index contributed by atoms with van der Waals surface area (Å²) in [6, 6.07) is 6.04. The number of nitrogens with zero attached hydrogens (tertiary/aromatic N) is 5. The van der Waals surface area contributed by atoms with Crippen LogP contribution in [0.3, 0.4) is 0 Å². The third-order valence-electron chi connectivity index (χ3n) is 7.19. The number of likely N-dealkylation sites (tertiary alicyclic amines) is 2. The van der Waals surface area contributed by atoms with Crippen molar-refractivity contribution in [1.82, 2.24) is 19.6 Å². The molecule has 1 aromatic carbocycles. The third-order valence-corrected chi connectivity index (χ3v) is 7.19. The van der Waals surface area contributed by atoms with E-state index in [2.05, 4.69) is 15.3 Å². The van der Waals surface area contributed by atoms with Gasteiger partial charge in [-0.3, -0.25) is 9.69 Å². The second-order valence-electron chi connectivity index (χ2n) is 9.76. The van der Waals surface area contributed by atoms with Gasteiger partial charge >= 0.3 is 12.2 Å². The van der Waals surface area contributed by atoms with E-state index in [1.807, 2.05) is 11.0 Å². The van der Waals surface area contributed by atoms with Crippen molar-refractivity contribution in [3.05, 3.63) is 41.6 Å². The first kappa shape index (κ1) is 23.7. The highest BCUT2D eigenvalue weighted by atomic mass is 19.4. The Morgan fingerprint density at radius 3 is 2.37 bits per heavy atom. The summed E-state index contributed by atoms with van der Waals surface area (Å²) in [4.78, 5) is 29.8. The molecule has 4 heterocycles. The van der Waals surface area contributed by atoms with Crippen molar-refractivity contribution < 1.29 is 22.8 Å². The number of halogens is 3. The van der Waals surface area contributed by atoms with E-state index in [-0.39, 0.29) is 30.3 Å². The van der Waals surface area contributed by atoms with Gasteiger partial charge in [0.05, 0.1) is 5.56 Å². The molecule has 0 saturated carbocycles. The minimum atomic E-state index is -4.40. The molecular weight excluding hydrogens is 461 g/mol. The molecule has 0 radical (unpaired) electrons. The Labute approximate surface area is 201 Å². The molecule has 1 N–H and O–H groups in total. The predicted molar refractivity (Wildman–Crippen MR) is 124 cm³/mol. The maximum absolute atomic E-state index is 13.9. The summed E-state index contributed by atoms with van der Waals surface area (Å²) in [5.41, 5.74) is 0.395. The van der Waals surface area contributed by atoms with E-state index in [0.717, 1.165) is 25.9 Å². The number of anilines is 2. The molecule has 11 heteroatoms. The summed E-state index contributed by atoms with van der Waals surface area (Å²) in [5.74, 6) is 0.468. The Balaban J connectivity index is 1.22. The number of nitrogens with one attached hydrogen (secondary N) is 1. The van der Waals surface area contributed by atoms with Crippen LogP contribution in [0.1, 0.15) is 30.9 Å². The number of rotatable bonds is 4. The fourth-order valence-electron chi connectivity index (χ4n) is 5.58. The standard InChI is InChI=1S/C24H29F3N6O2/c1-16(34)28-22-6-9-33(29-22)23(35)32-14-18-12-30(13-19(18)15-32)11-17-4-5-20(31-7-2-3-8-31)10-21(17)24(25,26)27/h4-6,9-10,18-19H,2-3,7-8,11-15H2,1H3,(H,28,29,34). The number of carbonyl (C=O) groups is 2. The van der Waals surface area contributed by atoms with Crippen molar-refractivity contribution in [1.29, 1.82) is 0 Å². The predicted octanol–water partition coefficient (Wildman–Crippen LogP) is 3.49. The molecule has 8 nitrogen and oxygen atoms in total. The topological polar surface area (TPSA) is 73.7 Å². The monoisotopic (exact) mass is 490 g/mol. The van der Waals surface area contributed by atoms with Crippen molar-refractivity contribution in [2.24, 2.45) is 11.8 Å². The number of alkyl halides is 3. The molecule has 188 valence electrons. The van der Waals surface area contributed by atoms with E-state index in [4.69, 9.17) is 0 Å². The molecule has 2 unspecified atom stereocenters. The van der Waals surface area contributed by atoms with Crippen molar-refractivity contribution >= 4 is 23.4 Å². The number of fused-ring (bicyclic) bond motifs is 1. The summed E-state index contributed by atoms with van der Waals surface area (Å²) in [5, 5.41) is 6.64. The lowest BCUT2D eigenvalue weighted by Crippen LogP contribution is -2.36. The Kier molecular flexibility index (Phi) is 6.20. The molecule has 3 saturated heterocycles. The number of aromatic nitrogens is 2. The van der Waals surface area contributed by atoms with E-state index in [1.165, 1.54) is 23.9 Å². The Morgan fingerprint density at radius 1 is 1.06 bits per heavy atom. The largest absolute Gasteiger partial charge is 0.416 e. The van der Waals surface area contributed by atoms with Gasteiger partial charge in [-0.25, -0.2) is 4.79 Å². The van der Waals surface area contributed by atoms with Gasteiger partial charge in [0, 0.05) is 70.7 Å². The first-order valence-electron chi connectivity index (χ1n) is 12.0. The van der Waals surface area contributed by atoms with Crippen LogP contribution >= 0.6 is 0 Å². The summed E-state index contributed by atoms with van der Waals surface area (Å²) in [6.45, 7) is 5.59. The quantitative estimate of drug-likeness (QED) is 0.711. The molecule has 2 atom stereocenters. The zero-order valence-corrected chi connectivity index (χ0v) is 19.6. The zero-order chi connectivity index (χ0) is 24.7. The van der Waals surface area contributed by atoms with Crippen LogP contribution in [0.25, 0.3) is 0 Å². The summed E-state index contributed by atoms with van der Waals surface area (Å²) in [7, 11) is 0. The molecule has 35 heavy (non-hydrogen) atoms. The van der Waals surface area contributed by atoms with Crippen molar-refractivity contribution in [3.63, 3.8) is 0 Å². The fourth-order valence-corrected chi connectivity index (χ4v) is 5.58. The lowest BCUT2D eigenvalue weighted by atomic mass is 10.0. The molecule has 3 aliphatic heterocycles. The molecule has 0 bridgehead atoms. The van der Waals surface area contributed by atoms with Crippen LogP contribution in [0.4, 0.5) is 29.5 Å². The number of hydrogen-bond donors (Lipinski definition) is 1. The Bertz CT molecular complexity index is 1100. The second-order valence-corrected chi connectivity index (χ2v) is 9.76. The van der Waals surface area contributed by atoms with Gasteiger partial charge in [-0.1, -0.05) is 6.07 Å². The van der Waals surface area contributed by atoms with Crippen molar-refractivity contribution in [2.75, 3.05) is 49.5 Å². The van der Waals surface area contributed by atoms with Crippen LogP contribution in [0.2, 0.25) is 0 Å². The lowest BCUT2D eigenvalue weighted by Gasteiger charge is -2.24. The van der Waals surface area contributed by atoms with Gasteiger partial charge in [0.2, 0.25) is 5.91 Å². The Morgan fingerprint density at radius 2 is 1.74 bits per heavy atom. The van der Waals surface area contributed by atoms with Crippen LogP contribution < -0.4 is 10.2 Å². The maximum Gasteiger partial charge on any atom is 0.416 e. The highest BCUT2D eigenvalue weighted by Gasteiger charge is 2.43. The SMILES string of the molecule is CC(=O)Nc1ccn(C(=O)N2CC3CN(Cc4ccc(N5CCCC5)cc4C(F)(F)F)CC3C2)n1. The molecular formula is C24H29F3N6O2. The Hall–Kier alpha value is -3.08. The molecule has 0 spiro atoms. The van der Waals surface area contributed by atoms with E-state index < -0.39 is 11.7 Å². The average Bonchev–Trinajstić information content (AvgIpc) is 3.57. The summed E-state index contributed by atoms with van der Waals surface area (Å²) < 4.78 is 42.9. The molecule has 5 rings (SSSR count). The van der Waals surface area contributed by atoms with Gasteiger partial charge in [0.25, 0.3) is 0 Å².